The van der Waals surface area contributed by atoms with Crippen molar-refractivity contribution in [3.05, 3.63) is 106 Å². The van der Waals surface area contributed by atoms with Crippen LogP contribution >= 0.6 is 11.3 Å². The second-order valence-electron chi connectivity index (χ2n) is 8.10. The van der Waals surface area contributed by atoms with Crippen molar-refractivity contribution in [2.75, 3.05) is 5.01 Å². The number of anilines is 1. The number of rotatable bonds is 4. The van der Waals surface area contributed by atoms with Gasteiger partial charge >= 0.3 is 0 Å². The van der Waals surface area contributed by atoms with Crippen molar-refractivity contribution in [3.63, 3.8) is 0 Å². The Bertz CT molecular complexity index is 962. The molecule has 0 saturated carbocycles. The van der Waals surface area contributed by atoms with Gasteiger partial charge in [-0.1, -0.05) is 69.3 Å². The zero-order valence-corrected chi connectivity index (χ0v) is 17.4. The van der Waals surface area contributed by atoms with Gasteiger partial charge in [0.1, 0.15) is 0 Å². The molecule has 3 heteroatoms. The van der Waals surface area contributed by atoms with Crippen LogP contribution in [0.1, 0.15) is 42.8 Å². The summed E-state index contributed by atoms with van der Waals surface area (Å²) in [5, 5.41) is 4.34. The highest BCUT2D eigenvalue weighted by atomic mass is 32.1. The standard InChI is InChI=1S/C25H26N2S/c1-25(2,3)20-13-11-19(12-14-20)24-18-21(15-16-23-10-7-17-28-23)26-27(24)22-8-5-4-6-9-22/h4-18,24,26H,1-3H3. The summed E-state index contributed by atoms with van der Waals surface area (Å²) in [6, 6.07) is 23.9. The van der Waals surface area contributed by atoms with Gasteiger partial charge in [0.2, 0.25) is 0 Å². The minimum atomic E-state index is 0.152. The third-order valence-corrected chi connectivity index (χ3v) is 5.83. The van der Waals surface area contributed by atoms with Crippen LogP contribution in [0.5, 0.6) is 0 Å². The molecule has 2 aromatic carbocycles. The number of thiophene rings is 1. The molecule has 1 aromatic heterocycles. The van der Waals surface area contributed by atoms with Crippen molar-refractivity contribution in [1.29, 1.82) is 0 Å². The smallest absolute Gasteiger partial charge is 0.0958 e. The summed E-state index contributed by atoms with van der Waals surface area (Å²) in [7, 11) is 0. The van der Waals surface area contributed by atoms with Crippen LogP contribution in [-0.2, 0) is 5.41 Å². The first-order valence-corrected chi connectivity index (χ1v) is 10.5. The lowest BCUT2D eigenvalue weighted by Crippen LogP contribution is -2.34. The normalized spacial score (nSPS) is 17.0. The molecule has 0 bridgehead atoms. The molecule has 1 unspecified atom stereocenters. The summed E-state index contributed by atoms with van der Waals surface area (Å²) in [6.07, 6.45) is 6.62. The van der Waals surface area contributed by atoms with E-state index in [0.717, 1.165) is 11.4 Å². The molecule has 0 spiro atoms. The lowest BCUT2D eigenvalue weighted by molar-refractivity contribution is 0.589. The molecule has 2 nitrogen and oxygen atoms in total. The van der Waals surface area contributed by atoms with Crippen molar-refractivity contribution in [2.45, 2.75) is 32.2 Å². The highest BCUT2D eigenvalue weighted by molar-refractivity contribution is 7.10. The minimum Gasteiger partial charge on any atom is -0.298 e. The maximum atomic E-state index is 3.58. The van der Waals surface area contributed by atoms with Crippen LogP contribution in [0.25, 0.3) is 6.08 Å². The Kier molecular flexibility index (Phi) is 5.10. The van der Waals surface area contributed by atoms with Crippen LogP contribution < -0.4 is 10.4 Å². The summed E-state index contributed by atoms with van der Waals surface area (Å²) in [6.45, 7) is 6.76. The minimum absolute atomic E-state index is 0.152. The molecule has 0 amide bonds. The Hall–Kier alpha value is -2.78. The zero-order chi connectivity index (χ0) is 19.6. The van der Waals surface area contributed by atoms with E-state index in [1.165, 1.54) is 16.0 Å². The molecule has 0 fully saturated rings. The van der Waals surface area contributed by atoms with Crippen molar-refractivity contribution < 1.29 is 0 Å². The van der Waals surface area contributed by atoms with E-state index in [4.69, 9.17) is 0 Å². The third-order valence-electron chi connectivity index (χ3n) is 4.99. The summed E-state index contributed by atoms with van der Waals surface area (Å²) < 4.78 is 0. The fourth-order valence-corrected chi connectivity index (χ4v) is 4.00. The summed E-state index contributed by atoms with van der Waals surface area (Å²) >= 11 is 1.75. The Morgan fingerprint density at radius 3 is 2.29 bits per heavy atom. The van der Waals surface area contributed by atoms with Gasteiger partial charge in [0.05, 0.1) is 17.4 Å². The highest BCUT2D eigenvalue weighted by Gasteiger charge is 2.26. The molecular weight excluding hydrogens is 360 g/mol. The highest BCUT2D eigenvalue weighted by Crippen LogP contribution is 2.33. The number of nitrogens with one attached hydrogen (secondary N) is 1. The number of hydrogen-bond acceptors (Lipinski definition) is 3. The first kappa shape index (κ1) is 18.6. The molecule has 142 valence electrons. The second-order valence-corrected chi connectivity index (χ2v) is 9.08. The molecule has 1 N–H and O–H groups in total. The monoisotopic (exact) mass is 386 g/mol. The van der Waals surface area contributed by atoms with Gasteiger partial charge in [0.15, 0.2) is 0 Å². The van der Waals surface area contributed by atoms with Crippen LogP contribution in [0, 0.1) is 0 Å². The fraction of sp³-hybridized carbons (Fsp3) is 0.200. The summed E-state index contributed by atoms with van der Waals surface area (Å²) in [4.78, 5) is 1.26. The van der Waals surface area contributed by atoms with E-state index < -0.39 is 0 Å². The Morgan fingerprint density at radius 1 is 0.893 bits per heavy atom. The number of hydrazine groups is 1. The molecule has 28 heavy (non-hydrogen) atoms. The zero-order valence-electron chi connectivity index (χ0n) is 16.6. The third kappa shape index (κ3) is 4.05. The SMILES string of the molecule is CC(C)(C)c1ccc(C2C=C(C=Cc3cccs3)NN2c2ccccc2)cc1. The van der Waals surface area contributed by atoms with Gasteiger partial charge in [-0.25, -0.2) is 0 Å². The Balaban J connectivity index is 1.65. The van der Waals surface area contributed by atoms with Crippen LogP contribution in [0.2, 0.25) is 0 Å². The number of allylic oxidation sites excluding steroid dienone is 1. The molecular formula is C25H26N2S. The van der Waals surface area contributed by atoms with E-state index in [-0.39, 0.29) is 11.5 Å². The number of hydrogen-bond donors (Lipinski definition) is 1. The largest absolute Gasteiger partial charge is 0.298 e. The van der Waals surface area contributed by atoms with Gasteiger partial charge in [-0.3, -0.25) is 10.4 Å². The molecule has 0 saturated heterocycles. The average Bonchev–Trinajstić information content (AvgIpc) is 3.36. The number of benzene rings is 2. The quantitative estimate of drug-likeness (QED) is 0.536. The molecule has 0 aliphatic carbocycles. The van der Waals surface area contributed by atoms with E-state index in [1.54, 1.807) is 11.3 Å². The van der Waals surface area contributed by atoms with E-state index >= 15 is 0 Å². The molecule has 0 radical (unpaired) electrons. The van der Waals surface area contributed by atoms with Crippen LogP contribution in [0.15, 0.2) is 90.0 Å². The molecule has 2 heterocycles. The van der Waals surface area contributed by atoms with E-state index in [0.29, 0.717) is 0 Å². The van der Waals surface area contributed by atoms with Gasteiger partial charge in [-0.2, -0.15) is 0 Å². The topological polar surface area (TPSA) is 15.3 Å². The molecule has 3 aromatic rings. The maximum absolute atomic E-state index is 3.58. The second kappa shape index (κ2) is 7.69. The first-order chi connectivity index (χ1) is 13.5. The van der Waals surface area contributed by atoms with Gasteiger partial charge in [-0.15, -0.1) is 11.3 Å². The predicted molar refractivity (Wildman–Crippen MR) is 121 cm³/mol. The Morgan fingerprint density at radius 2 is 1.64 bits per heavy atom. The van der Waals surface area contributed by atoms with Crippen molar-refractivity contribution in [2.24, 2.45) is 0 Å². The van der Waals surface area contributed by atoms with Gasteiger partial charge in [-0.05, 0) is 58.3 Å². The van der Waals surface area contributed by atoms with Crippen LogP contribution in [-0.4, -0.2) is 0 Å². The predicted octanol–water partition coefficient (Wildman–Crippen LogP) is 6.71. The Labute approximate surface area is 171 Å². The van der Waals surface area contributed by atoms with Gasteiger partial charge in [0.25, 0.3) is 0 Å². The van der Waals surface area contributed by atoms with Crippen LogP contribution in [0.3, 0.4) is 0 Å². The van der Waals surface area contributed by atoms with Crippen molar-refractivity contribution in [1.82, 2.24) is 5.43 Å². The lowest BCUT2D eigenvalue weighted by atomic mass is 9.86. The lowest BCUT2D eigenvalue weighted by Gasteiger charge is -2.28. The van der Waals surface area contributed by atoms with E-state index in [2.05, 4.69) is 122 Å². The van der Waals surface area contributed by atoms with Crippen molar-refractivity contribution >= 4 is 23.1 Å². The van der Waals surface area contributed by atoms with Gasteiger partial charge in [0, 0.05) is 4.88 Å². The number of para-hydroxylation sites is 1. The summed E-state index contributed by atoms with van der Waals surface area (Å²) in [5.41, 5.74) is 8.64. The van der Waals surface area contributed by atoms with E-state index in [9.17, 15) is 0 Å². The number of nitrogens with zero attached hydrogens (tertiary/aromatic N) is 1. The van der Waals surface area contributed by atoms with Crippen LogP contribution in [0.4, 0.5) is 5.69 Å². The first-order valence-electron chi connectivity index (χ1n) is 9.65. The maximum Gasteiger partial charge on any atom is 0.0958 e. The fourth-order valence-electron chi connectivity index (χ4n) is 3.38. The molecule has 1 aliphatic rings. The summed E-state index contributed by atoms with van der Waals surface area (Å²) in [5.74, 6) is 0. The van der Waals surface area contributed by atoms with Crippen molar-refractivity contribution in [3.8, 4) is 0 Å². The average molecular weight is 387 g/mol. The molecule has 1 aliphatic heterocycles. The van der Waals surface area contributed by atoms with Gasteiger partial charge < -0.3 is 0 Å². The van der Waals surface area contributed by atoms with E-state index in [1.807, 2.05) is 0 Å². The molecule has 1 atom stereocenters. The molecule has 4 rings (SSSR count).